The molecule has 3 aromatic carbocycles. The lowest BCUT2D eigenvalue weighted by Gasteiger charge is -2.07. The molecule has 0 saturated carbocycles. The number of aromatic nitrogens is 2. The molecule has 0 bridgehead atoms. The van der Waals surface area contributed by atoms with Gasteiger partial charge in [-0.15, -0.1) is 11.3 Å². The predicted octanol–water partition coefficient (Wildman–Crippen LogP) is 6.62. The molecule has 2 heterocycles. The number of benzene rings is 3. The molecule has 5 rings (SSSR count). The Kier molecular flexibility index (Phi) is 5.22. The Labute approximate surface area is 188 Å². The first-order valence-corrected chi connectivity index (χ1v) is 11.1. The van der Waals surface area contributed by atoms with Gasteiger partial charge in [-0.05, 0) is 41.0 Å². The summed E-state index contributed by atoms with van der Waals surface area (Å²) in [6, 6.07) is 23.7. The third kappa shape index (κ3) is 3.82. The average Bonchev–Trinajstić information content (AvgIpc) is 3.35. The predicted molar refractivity (Wildman–Crippen MR) is 126 cm³/mol. The van der Waals surface area contributed by atoms with E-state index in [4.69, 9.17) is 16.3 Å². The quantitative estimate of drug-likeness (QED) is 0.285. The van der Waals surface area contributed by atoms with E-state index in [-0.39, 0.29) is 12.6 Å². The molecule has 0 radical (unpaired) electrons. The van der Waals surface area contributed by atoms with Gasteiger partial charge in [0, 0.05) is 10.4 Å². The lowest BCUT2D eigenvalue weighted by Crippen LogP contribution is -2.04. The highest BCUT2D eigenvalue weighted by molar-refractivity contribution is 7.20. The van der Waals surface area contributed by atoms with Gasteiger partial charge >= 0.3 is 5.97 Å². The molecule has 0 aliphatic carbocycles. The van der Waals surface area contributed by atoms with Crippen molar-refractivity contribution < 1.29 is 9.53 Å². The van der Waals surface area contributed by atoms with E-state index in [2.05, 4.69) is 17.2 Å². The van der Waals surface area contributed by atoms with Crippen molar-refractivity contribution in [2.75, 3.05) is 0 Å². The van der Waals surface area contributed by atoms with Crippen molar-refractivity contribution in [1.82, 2.24) is 9.78 Å². The van der Waals surface area contributed by atoms with Crippen LogP contribution in [0.15, 0.2) is 72.8 Å². The Hall–Kier alpha value is -3.15. The Bertz CT molecular complexity index is 1410. The molecule has 2 aromatic heterocycles. The van der Waals surface area contributed by atoms with E-state index in [0.29, 0.717) is 16.4 Å². The second kappa shape index (κ2) is 8.17. The van der Waals surface area contributed by atoms with Gasteiger partial charge in [0.25, 0.3) is 0 Å². The zero-order valence-corrected chi connectivity index (χ0v) is 18.4. The molecule has 31 heavy (non-hydrogen) atoms. The largest absolute Gasteiger partial charge is 0.457 e. The van der Waals surface area contributed by atoms with Crippen LogP contribution in [-0.4, -0.2) is 15.7 Å². The number of nitrogens with zero attached hydrogens (tertiary/aromatic N) is 2. The van der Waals surface area contributed by atoms with Gasteiger partial charge in [0.2, 0.25) is 0 Å². The zero-order valence-electron chi connectivity index (χ0n) is 16.8. The highest BCUT2D eigenvalue weighted by atomic mass is 35.5. The van der Waals surface area contributed by atoms with Crippen molar-refractivity contribution in [2.24, 2.45) is 0 Å². The Morgan fingerprint density at radius 2 is 1.74 bits per heavy atom. The van der Waals surface area contributed by atoms with Crippen LogP contribution in [0.3, 0.4) is 0 Å². The number of hydrogen-bond acceptors (Lipinski definition) is 4. The first-order chi connectivity index (χ1) is 15.1. The van der Waals surface area contributed by atoms with Crippen LogP contribution < -0.4 is 0 Å². The summed E-state index contributed by atoms with van der Waals surface area (Å²) in [5, 5.41) is 8.53. The molecule has 0 fully saturated rings. The molecule has 0 aliphatic heterocycles. The van der Waals surface area contributed by atoms with Crippen LogP contribution in [0.1, 0.15) is 26.5 Å². The van der Waals surface area contributed by atoms with Crippen molar-refractivity contribution in [1.29, 1.82) is 0 Å². The molecule has 0 aliphatic rings. The first-order valence-electron chi connectivity index (χ1n) is 9.94. The van der Waals surface area contributed by atoms with E-state index in [1.165, 1.54) is 11.3 Å². The van der Waals surface area contributed by atoms with Gasteiger partial charge in [-0.2, -0.15) is 5.10 Å². The smallest absolute Gasteiger partial charge is 0.348 e. The number of thiophene rings is 1. The van der Waals surface area contributed by atoms with Crippen LogP contribution in [-0.2, 0) is 17.9 Å². The number of fused-ring (bicyclic) bond motifs is 2. The normalized spacial score (nSPS) is 11.3. The minimum atomic E-state index is -0.321. The van der Waals surface area contributed by atoms with Crippen molar-refractivity contribution in [3.8, 4) is 0 Å². The Morgan fingerprint density at radius 1 is 1.00 bits per heavy atom. The molecule has 0 saturated heterocycles. The lowest BCUT2D eigenvalue weighted by molar-refractivity contribution is 0.0480. The number of carbonyl (C=O) groups is 1. The minimum absolute atomic E-state index is 0.235. The summed E-state index contributed by atoms with van der Waals surface area (Å²) >= 11 is 7.72. The molecule has 4 nitrogen and oxygen atoms in total. The molecule has 5 aromatic rings. The molecular weight excluding hydrogens is 428 g/mol. The highest BCUT2D eigenvalue weighted by Gasteiger charge is 2.18. The van der Waals surface area contributed by atoms with Gasteiger partial charge < -0.3 is 4.74 Å². The molecule has 0 spiro atoms. The number of aryl methyl sites for hydroxylation is 1. The van der Waals surface area contributed by atoms with E-state index in [0.717, 1.165) is 37.8 Å². The van der Waals surface area contributed by atoms with Gasteiger partial charge in [-0.25, -0.2) is 4.79 Å². The lowest BCUT2D eigenvalue weighted by atomic mass is 10.1. The number of hydrogen-bond donors (Lipinski definition) is 0. The number of carbonyl (C=O) groups excluding carboxylic acids is 1. The molecule has 6 heteroatoms. The number of esters is 1. The van der Waals surface area contributed by atoms with Crippen molar-refractivity contribution in [3.05, 3.63) is 99.5 Å². The summed E-state index contributed by atoms with van der Waals surface area (Å²) in [6.07, 6.45) is 0. The summed E-state index contributed by atoms with van der Waals surface area (Å²) in [4.78, 5) is 14.3. The van der Waals surface area contributed by atoms with Crippen LogP contribution in [0.25, 0.3) is 21.0 Å². The van der Waals surface area contributed by atoms with Gasteiger partial charge in [0.15, 0.2) is 0 Å². The fraction of sp³-hybridized carbons (Fsp3) is 0.120. The van der Waals surface area contributed by atoms with Crippen LogP contribution in [0, 0.1) is 6.92 Å². The van der Waals surface area contributed by atoms with E-state index < -0.39 is 0 Å². The topological polar surface area (TPSA) is 44.1 Å². The summed E-state index contributed by atoms with van der Waals surface area (Å²) in [5.41, 5.74) is 2.86. The highest BCUT2D eigenvalue weighted by Crippen LogP contribution is 2.30. The number of ether oxygens (including phenoxy) is 1. The summed E-state index contributed by atoms with van der Waals surface area (Å²) in [6.45, 7) is 2.73. The first kappa shape index (κ1) is 19.8. The van der Waals surface area contributed by atoms with Gasteiger partial charge in [-0.3, -0.25) is 4.68 Å². The maximum Gasteiger partial charge on any atom is 0.348 e. The van der Waals surface area contributed by atoms with Crippen LogP contribution in [0.2, 0.25) is 5.02 Å². The maximum absolute atomic E-state index is 12.8. The number of halogens is 1. The Morgan fingerprint density at radius 3 is 2.61 bits per heavy atom. The third-order valence-corrected chi connectivity index (χ3v) is 6.82. The second-order valence-electron chi connectivity index (χ2n) is 7.38. The number of rotatable bonds is 5. The van der Waals surface area contributed by atoms with Crippen LogP contribution >= 0.6 is 22.9 Å². The van der Waals surface area contributed by atoms with Gasteiger partial charge in [0.05, 0.1) is 12.2 Å². The molecular formula is C25H19ClN2O2S. The Balaban J connectivity index is 1.39. The van der Waals surface area contributed by atoms with E-state index in [1.807, 2.05) is 72.3 Å². The van der Waals surface area contributed by atoms with Crippen molar-refractivity contribution in [3.63, 3.8) is 0 Å². The van der Waals surface area contributed by atoms with Crippen LogP contribution in [0.5, 0.6) is 0 Å². The van der Waals surface area contributed by atoms with E-state index >= 15 is 0 Å². The van der Waals surface area contributed by atoms with Gasteiger partial charge in [0.1, 0.15) is 16.3 Å². The molecule has 0 N–H and O–H groups in total. The molecule has 0 amide bonds. The summed E-state index contributed by atoms with van der Waals surface area (Å²) in [5.74, 6) is -0.321. The van der Waals surface area contributed by atoms with E-state index in [1.54, 1.807) is 0 Å². The fourth-order valence-corrected chi connectivity index (χ4v) is 4.99. The summed E-state index contributed by atoms with van der Waals surface area (Å²) < 4.78 is 7.56. The molecule has 0 unspecified atom stereocenters. The van der Waals surface area contributed by atoms with E-state index in [9.17, 15) is 4.79 Å². The third-order valence-electron chi connectivity index (χ3n) is 5.33. The van der Waals surface area contributed by atoms with Gasteiger partial charge in [-0.1, -0.05) is 72.3 Å². The monoisotopic (exact) mass is 446 g/mol. The SMILES string of the molecule is Cc1nn(Cc2ccccc2Cl)c2sc(C(=O)OCc3cccc4ccccc34)cc12. The van der Waals surface area contributed by atoms with Crippen molar-refractivity contribution >= 4 is 49.9 Å². The van der Waals surface area contributed by atoms with Crippen molar-refractivity contribution in [2.45, 2.75) is 20.1 Å². The molecule has 0 atom stereocenters. The van der Waals surface area contributed by atoms with Crippen LogP contribution in [0.4, 0.5) is 0 Å². The standard InChI is InChI=1S/C25H19ClN2O2S/c1-16-21-13-23(31-24(21)28(27-16)14-18-8-3-5-12-22(18)26)25(29)30-15-19-10-6-9-17-7-2-4-11-20(17)19/h2-13H,14-15H2,1H3. The minimum Gasteiger partial charge on any atom is -0.457 e. The molecule has 154 valence electrons. The fourth-order valence-electron chi connectivity index (χ4n) is 3.74. The maximum atomic E-state index is 12.8. The second-order valence-corrected chi connectivity index (χ2v) is 8.82. The average molecular weight is 447 g/mol. The summed E-state index contributed by atoms with van der Waals surface area (Å²) in [7, 11) is 0. The zero-order chi connectivity index (χ0) is 21.4.